The van der Waals surface area contributed by atoms with Crippen LogP contribution in [0.5, 0.6) is 0 Å². The molecule has 3 rings (SSSR count). The van der Waals surface area contributed by atoms with Gasteiger partial charge in [0, 0.05) is 11.6 Å². The van der Waals surface area contributed by atoms with Crippen LogP contribution in [-0.2, 0) is 12.8 Å². The molecule has 3 heteroatoms. The lowest BCUT2D eigenvalue weighted by Crippen LogP contribution is -2.06. The number of benzene rings is 2. The van der Waals surface area contributed by atoms with Crippen molar-refractivity contribution in [3.8, 4) is 11.1 Å². The molecule has 0 unspecified atom stereocenters. The van der Waals surface area contributed by atoms with E-state index in [0.29, 0.717) is 0 Å². The lowest BCUT2D eigenvalue weighted by molar-refractivity contribution is -0.385. The molecule has 0 fully saturated rings. The summed E-state index contributed by atoms with van der Waals surface area (Å²) in [4.78, 5) is 10.7. The van der Waals surface area contributed by atoms with E-state index in [1.807, 2.05) is 24.3 Å². The number of nitro benzene ring substituents is 1. The maximum absolute atomic E-state index is 11.0. The minimum absolute atomic E-state index is 0.247. The first-order chi connectivity index (χ1) is 8.27. The fourth-order valence-corrected chi connectivity index (χ4v) is 2.52. The third-order valence-electron chi connectivity index (χ3n) is 3.30. The number of hydrogen-bond donors (Lipinski definition) is 0. The highest BCUT2D eigenvalue weighted by Crippen LogP contribution is 2.37. The van der Waals surface area contributed by atoms with Gasteiger partial charge >= 0.3 is 0 Å². The summed E-state index contributed by atoms with van der Waals surface area (Å²) in [6.07, 6.45) is 1.64. The minimum Gasteiger partial charge on any atom is -0.258 e. The lowest BCUT2D eigenvalue weighted by Gasteiger charge is -2.19. The van der Waals surface area contributed by atoms with Gasteiger partial charge in [-0.3, -0.25) is 10.1 Å². The van der Waals surface area contributed by atoms with Gasteiger partial charge in [-0.1, -0.05) is 36.4 Å². The molecular weight excluding hydrogens is 214 g/mol. The van der Waals surface area contributed by atoms with Crippen LogP contribution in [0.25, 0.3) is 11.1 Å². The van der Waals surface area contributed by atoms with E-state index in [1.165, 1.54) is 5.56 Å². The Morgan fingerprint density at radius 2 is 1.71 bits per heavy atom. The molecule has 2 aromatic rings. The second kappa shape index (κ2) is 3.70. The molecule has 0 heterocycles. The summed E-state index contributed by atoms with van der Waals surface area (Å²) in [5, 5.41) is 11.0. The minimum atomic E-state index is -0.285. The van der Waals surface area contributed by atoms with Crippen molar-refractivity contribution in [3.63, 3.8) is 0 Å². The quantitative estimate of drug-likeness (QED) is 0.551. The van der Waals surface area contributed by atoms with Crippen molar-refractivity contribution in [1.29, 1.82) is 0 Å². The molecule has 0 aromatic heterocycles. The summed E-state index contributed by atoms with van der Waals surface area (Å²) in [5.74, 6) is 0. The van der Waals surface area contributed by atoms with Crippen molar-refractivity contribution in [2.24, 2.45) is 0 Å². The van der Waals surface area contributed by atoms with Crippen LogP contribution >= 0.6 is 0 Å². The molecule has 0 radical (unpaired) electrons. The average molecular weight is 225 g/mol. The third kappa shape index (κ3) is 1.51. The molecule has 0 N–H and O–H groups in total. The highest BCUT2D eigenvalue weighted by molar-refractivity contribution is 5.76. The zero-order valence-corrected chi connectivity index (χ0v) is 9.22. The average Bonchev–Trinajstić information content (AvgIpc) is 2.37. The van der Waals surface area contributed by atoms with Crippen LogP contribution in [0.2, 0.25) is 0 Å². The number of fused-ring (bicyclic) bond motifs is 3. The van der Waals surface area contributed by atoms with Gasteiger partial charge in [0.1, 0.15) is 0 Å². The van der Waals surface area contributed by atoms with Gasteiger partial charge in [0.2, 0.25) is 0 Å². The molecule has 0 saturated heterocycles. The van der Waals surface area contributed by atoms with Gasteiger partial charge in [-0.2, -0.15) is 0 Å². The first kappa shape index (κ1) is 10.0. The van der Waals surface area contributed by atoms with Crippen molar-refractivity contribution in [2.75, 3.05) is 0 Å². The van der Waals surface area contributed by atoms with Crippen LogP contribution in [0, 0.1) is 10.1 Å². The Kier molecular flexibility index (Phi) is 2.18. The van der Waals surface area contributed by atoms with Crippen molar-refractivity contribution >= 4 is 5.69 Å². The fraction of sp³-hybridized carbons (Fsp3) is 0.143. The molecular formula is C14H11NO2. The van der Waals surface area contributed by atoms with E-state index in [9.17, 15) is 10.1 Å². The van der Waals surface area contributed by atoms with Crippen molar-refractivity contribution in [3.05, 3.63) is 63.7 Å². The number of nitrogens with zero attached hydrogens (tertiary/aromatic N) is 1. The Balaban J connectivity index is 2.27. The zero-order valence-electron chi connectivity index (χ0n) is 9.22. The predicted octanol–water partition coefficient (Wildman–Crippen LogP) is 3.36. The predicted molar refractivity (Wildman–Crippen MR) is 65.9 cm³/mol. The summed E-state index contributed by atoms with van der Waals surface area (Å²) in [6, 6.07) is 13.5. The molecule has 1 aliphatic rings. The SMILES string of the molecule is O=[N+]([O-])c1cccc2c1CCc1ccccc1-2. The van der Waals surface area contributed by atoms with Gasteiger partial charge < -0.3 is 0 Å². The van der Waals surface area contributed by atoms with Crippen LogP contribution in [0.4, 0.5) is 5.69 Å². The molecule has 0 atom stereocenters. The molecule has 84 valence electrons. The van der Waals surface area contributed by atoms with Crippen LogP contribution in [0.15, 0.2) is 42.5 Å². The summed E-state index contributed by atoms with van der Waals surface area (Å²) in [6.45, 7) is 0. The number of aryl methyl sites for hydroxylation is 1. The lowest BCUT2D eigenvalue weighted by atomic mass is 9.85. The number of hydrogen-bond acceptors (Lipinski definition) is 2. The second-order valence-electron chi connectivity index (χ2n) is 4.22. The van der Waals surface area contributed by atoms with Crippen molar-refractivity contribution in [1.82, 2.24) is 0 Å². The van der Waals surface area contributed by atoms with Gasteiger partial charge in [0.05, 0.1) is 4.92 Å². The molecule has 1 aliphatic carbocycles. The fourth-order valence-electron chi connectivity index (χ4n) is 2.52. The van der Waals surface area contributed by atoms with Crippen LogP contribution in [-0.4, -0.2) is 4.92 Å². The van der Waals surface area contributed by atoms with E-state index < -0.39 is 0 Å². The Bertz CT molecular complexity index is 605. The molecule has 0 saturated carbocycles. The molecule has 0 spiro atoms. The van der Waals surface area contributed by atoms with Crippen molar-refractivity contribution < 1.29 is 4.92 Å². The summed E-state index contributed by atoms with van der Waals surface area (Å²) in [5.41, 5.74) is 4.55. The molecule has 0 aliphatic heterocycles. The smallest absolute Gasteiger partial charge is 0.258 e. The van der Waals surface area contributed by atoms with Crippen molar-refractivity contribution in [2.45, 2.75) is 12.8 Å². The van der Waals surface area contributed by atoms with Crippen LogP contribution in [0.1, 0.15) is 11.1 Å². The third-order valence-corrected chi connectivity index (χ3v) is 3.30. The van der Waals surface area contributed by atoms with Gasteiger partial charge in [-0.05, 0) is 29.5 Å². The normalized spacial score (nSPS) is 12.7. The van der Waals surface area contributed by atoms with Gasteiger partial charge in [-0.25, -0.2) is 0 Å². The number of rotatable bonds is 1. The highest BCUT2D eigenvalue weighted by Gasteiger charge is 2.22. The molecule has 0 amide bonds. The standard InChI is InChI=1S/C14H11NO2/c16-15(17)14-7-3-6-12-11-5-2-1-4-10(11)8-9-13(12)14/h1-7H,8-9H2. The monoisotopic (exact) mass is 225 g/mol. The maximum Gasteiger partial charge on any atom is 0.273 e. The van der Waals surface area contributed by atoms with E-state index in [0.717, 1.165) is 29.5 Å². The summed E-state index contributed by atoms with van der Waals surface area (Å²) < 4.78 is 0. The van der Waals surface area contributed by atoms with E-state index >= 15 is 0 Å². The zero-order chi connectivity index (χ0) is 11.8. The van der Waals surface area contributed by atoms with Crippen LogP contribution < -0.4 is 0 Å². The van der Waals surface area contributed by atoms with Gasteiger partial charge in [-0.15, -0.1) is 0 Å². The Labute approximate surface area is 98.9 Å². The van der Waals surface area contributed by atoms with E-state index in [-0.39, 0.29) is 10.6 Å². The maximum atomic E-state index is 11.0. The largest absolute Gasteiger partial charge is 0.273 e. The molecule has 3 nitrogen and oxygen atoms in total. The van der Waals surface area contributed by atoms with Gasteiger partial charge in [0.25, 0.3) is 5.69 Å². The molecule has 2 aromatic carbocycles. The summed E-state index contributed by atoms with van der Waals surface area (Å²) >= 11 is 0. The Morgan fingerprint density at radius 3 is 2.53 bits per heavy atom. The van der Waals surface area contributed by atoms with E-state index in [4.69, 9.17) is 0 Å². The Morgan fingerprint density at radius 1 is 0.941 bits per heavy atom. The van der Waals surface area contributed by atoms with E-state index in [2.05, 4.69) is 6.07 Å². The first-order valence-corrected chi connectivity index (χ1v) is 5.62. The van der Waals surface area contributed by atoms with Gasteiger partial charge in [0.15, 0.2) is 0 Å². The van der Waals surface area contributed by atoms with Crippen LogP contribution in [0.3, 0.4) is 0 Å². The summed E-state index contributed by atoms with van der Waals surface area (Å²) in [7, 11) is 0. The first-order valence-electron chi connectivity index (χ1n) is 5.62. The van der Waals surface area contributed by atoms with E-state index in [1.54, 1.807) is 12.1 Å². The second-order valence-corrected chi connectivity index (χ2v) is 4.22. The highest BCUT2D eigenvalue weighted by atomic mass is 16.6. The topological polar surface area (TPSA) is 43.1 Å². The Hall–Kier alpha value is -2.16. The molecule has 17 heavy (non-hydrogen) atoms. The number of nitro groups is 1. The molecule has 0 bridgehead atoms.